The molecule has 3 heterocycles. The molecule has 4 N–H and O–H groups in total. The van der Waals surface area contributed by atoms with Crippen LogP contribution in [0.3, 0.4) is 0 Å². The van der Waals surface area contributed by atoms with Crippen molar-refractivity contribution in [3.63, 3.8) is 0 Å². The lowest BCUT2D eigenvalue weighted by Gasteiger charge is -1.99. The second kappa shape index (κ2) is 6.50. The van der Waals surface area contributed by atoms with E-state index in [0.717, 1.165) is 32.8 Å². The fraction of sp³-hybridized carbons (Fsp3) is 0.0588. The van der Waals surface area contributed by atoms with Crippen LogP contribution in [-0.2, 0) is 0 Å². The molecule has 0 radical (unpaired) electrons. The molecule has 0 aliphatic rings. The van der Waals surface area contributed by atoms with Crippen LogP contribution in [0.2, 0.25) is 0 Å². The maximum atomic E-state index is 6.02. The predicted molar refractivity (Wildman–Crippen MR) is 97.3 cm³/mol. The Morgan fingerprint density at radius 1 is 1.39 bits per heavy atom. The van der Waals surface area contributed by atoms with Crippen LogP contribution in [0.5, 0.6) is 0 Å². The number of nitrogens with one attached hydrogen (secondary N) is 2. The van der Waals surface area contributed by atoms with Crippen molar-refractivity contribution in [3.8, 4) is 10.6 Å². The topological polar surface area (TPSA) is 79.6 Å². The van der Waals surface area contributed by atoms with Gasteiger partial charge in [0.1, 0.15) is 5.82 Å². The SMILES string of the molecule is C=Cc1cc(-c2cnc(Nc3ccccn3)s2)[nH]c1/C(N)=C\C. The summed E-state index contributed by atoms with van der Waals surface area (Å²) in [5.74, 6) is 0.769. The molecule has 0 saturated carbocycles. The Morgan fingerprint density at radius 2 is 2.26 bits per heavy atom. The quantitative estimate of drug-likeness (QED) is 0.656. The first-order valence-electron chi connectivity index (χ1n) is 7.13. The first kappa shape index (κ1) is 15.1. The lowest BCUT2D eigenvalue weighted by Crippen LogP contribution is -1.97. The van der Waals surface area contributed by atoms with Gasteiger partial charge in [0.25, 0.3) is 0 Å². The molecule has 0 bridgehead atoms. The summed E-state index contributed by atoms with van der Waals surface area (Å²) in [5.41, 5.74) is 9.53. The van der Waals surface area contributed by atoms with Crippen LogP contribution in [0.4, 0.5) is 10.9 Å². The molecule has 0 unspecified atom stereocenters. The van der Waals surface area contributed by atoms with E-state index in [2.05, 4.69) is 26.8 Å². The van der Waals surface area contributed by atoms with Gasteiger partial charge < -0.3 is 16.0 Å². The van der Waals surface area contributed by atoms with E-state index in [1.165, 1.54) is 0 Å². The minimum absolute atomic E-state index is 0.697. The van der Waals surface area contributed by atoms with Crippen LogP contribution in [0.15, 0.2) is 49.3 Å². The van der Waals surface area contributed by atoms with Crippen molar-refractivity contribution in [1.82, 2.24) is 15.0 Å². The van der Waals surface area contributed by atoms with Crippen LogP contribution in [0.1, 0.15) is 18.2 Å². The van der Waals surface area contributed by atoms with Gasteiger partial charge in [0.2, 0.25) is 0 Å². The molecule has 0 aliphatic carbocycles. The number of thiazole rings is 1. The number of anilines is 2. The van der Waals surface area contributed by atoms with Gasteiger partial charge in [-0.05, 0) is 25.1 Å². The molecule has 0 saturated heterocycles. The van der Waals surface area contributed by atoms with Crippen molar-refractivity contribution >= 4 is 34.1 Å². The number of hydrogen-bond acceptors (Lipinski definition) is 5. The van der Waals surface area contributed by atoms with Crippen molar-refractivity contribution in [2.75, 3.05) is 5.32 Å². The van der Waals surface area contributed by atoms with Gasteiger partial charge in [-0.15, -0.1) is 0 Å². The molecule has 0 amide bonds. The Kier molecular flexibility index (Phi) is 4.25. The van der Waals surface area contributed by atoms with Crippen LogP contribution >= 0.6 is 11.3 Å². The molecule has 3 rings (SSSR count). The third-order valence-corrected chi connectivity index (χ3v) is 4.28. The zero-order valence-electron chi connectivity index (χ0n) is 12.7. The first-order chi connectivity index (χ1) is 11.2. The fourth-order valence-corrected chi connectivity index (χ4v) is 2.94. The smallest absolute Gasteiger partial charge is 0.188 e. The summed E-state index contributed by atoms with van der Waals surface area (Å²) in [7, 11) is 0. The molecule has 0 aliphatic heterocycles. The summed E-state index contributed by atoms with van der Waals surface area (Å²) in [6.07, 6.45) is 7.22. The molecule has 6 heteroatoms. The Labute approximate surface area is 138 Å². The molecule has 3 aromatic rings. The lowest BCUT2D eigenvalue weighted by molar-refractivity contribution is 1.28. The highest BCUT2D eigenvalue weighted by Crippen LogP contribution is 2.32. The number of rotatable bonds is 5. The van der Waals surface area contributed by atoms with E-state index in [4.69, 9.17) is 5.73 Å². The number of nitrogens with two attached hydrogens (primary N) is 1. The molecule has 3 aromatic heterocycles. The van der Waals surface area contributed by atoms with E-state index in [0.29, 0.717) is 5.70 Å². The Morgan fingerprint density at radius 3 is 2.96 bits per heavy atom. The van der Waals surface area contributed by atoms with Gasteiger partial charge in [-0.3, -0.25) is 0 Å². The number of pyridine rings is 1. The van der Waals surface area contributed by atoms with Crippen LogP contribution in [0.25, 0.3) is 22.3 Å². The number of aromatic amines is 1. The molecule has 5 nitrogen and oxygen atoms in total. The lowest BCUT2D eigenvalue weighted by atomic mass is 10.2. The van der Waals surface area contributed by atoms with Gasteiger partial charge in [-0.1, -0.05) is 36.1 Å². The van der Waals surface area contributed by atoms with E-state index in [1.54, 1.807) is 23.6 Å². The number of allylic oxidation sites excluding steroid dienone is 1. The highest BCUT2D eigenvalue weighted by atomic mass is 32.1. The Bertz CT molecular complexity index is 845. The number of aromatic nitrogens is 3. The van der Waals surface area contributed by atoms with Gasteiger partial charge in [0.05, 0.1) is 22.0 Å². The normalized spacial score (nSPS) is 11.4. The largest absolute Gasteiger partial charge is 0.397 e. The molecule has 0 aromatic carbocycles. The summed E-state index contributed by atoms with van der Waals surface area (Å²) in [6, 6.07) is 7.73. The highest BCUT2D eigenvalue weighted by Gasteiger charge is 2.12. The third-order valence-electron chi connectivity index (χ3n) is 3.34. The first-order valence-corrected chi connectivity index (χ1v) is 7.94. The third kappa shape index (κ3) is 3.17. The second-order valence-corrected chi connectivity index (χ2v) is 5.86. The minimum Gasteiger partial charge on any atom is -0.397 e. The second-order valence-electron chi connectivity index (χ2n) is 4.83. The summed E-state index contributed by atoms with van der Waals surface area (Å²) in [4.78, 5) is 13.0. The summed E-state index contributed by atoms with van der Waals surface area (Å²) < 4.78 is 0. The van der Waals surface area contributed by atoms with Crippen molar-refractivity contribution in [2.45, 2.75) is 6.92 Å². The van der Waals surface area contributed by atoms with E-state index in [9.17, 15) is 0 Å². The van der Waals surface area contributed by atoms with Gasteiger partial charge in [-0.2, -0.15) is 0 Å². The Hall–Kier alpha value is -2.86. The summed E-state index contributed by atoms with van der Waals surface area (Å²) in [5, 5.41) is 3.98. The van der Waals surface area contributed by atoms with E-state index >= 15 is 0 Å². The van der Waals surface area contributed by atoms with Crippen molar-refractivity contribution in [3.05, 3.63) is 60.6 Å². The fourth-order valence-electron chi connectivity index (χ4n) is 2.15. The summed E-state index contributed by atoms with van der Waals surface area (Å²) in [6.45, 7) is 5.75. The van der Waals surface area contributed by atoms with Gasteiger partial charge in [0, 0.05) is 18.0 Å². The molecule has 0 spiro atoms. The molecule has 0 atom stereocenters. The number of nitrogens with zero attached hydrogens (tertiary/aromatic N) is 2. The van der Waals surface area contributed by atoms with Crippen molar-refractivity contribution in [1.29, 1.82) is 0 Å². The van der Waals surface area contributed by atoms with Gasteiger partial charge in [-0.25, -0.2) is 9.97 Å². The molecular weight excluding hydrogens is 306 g/mol. The number of H-pyrrole nitrogens is 1. The number of hydrogen-bond donors (Lipinski definition) is 3. The molecular formula is C17H17N5S. The average molecular weight is 323 g/mol. The predicted octanol–water partition coefficient (Wildman–Crippen LogP) is 4.24. The van der Waals surface area contributed by atoms with E-state index in [-0.39, 0.29) is 0 Å². The monoisotopic (exact) mass is 323 g/mol. The van der Waals surface area contributed by atoms with Crippen LogP contribution < -0.4 is 11.1 Å². The van der Waals surface area contributed by atoms with E-state index < -0.39 is 0 Å². The molecule has 0 fully saturated rings. The zero-order valence-corrected chi connectivity index (χ0v) is 13.5. The highest BCUT2D eigenvalue weighted by molar-refractivity contribution is 7.18. The minimum atomic E-state index is 0.697. The van der Waals surface area contributed by atoms with Crippen molar-refractivity contribution < 1.29 is 0 Å². The maximum Gasteiger partial charge on any atom is 0.188 e. The van der Waals surface area contributed by atoms with E-state index in [1.807, 2.05) is 43.5 Å². The average Bonchev–Trinajstić information content (AvgIpc) is 3.21. The van der Waals surface area contributed by atoms with Crippen LogP contribution in [-0.4, -0.2) is 15.0 Å². The standard InChI is InChI=1S/C17H17N5S/c1-3-11-9-13(21-16(11)12(18)4-2)14-10-20-17(23-14)22-15-7-5-6-8-19-15/h3-10,21H,1,18H2,2H3,(H,19,20,22)/b12-4+. The van der Waals surface area contributed by atoms with Crippen LogP contribution in [0, 0.1) is 0 Å². The van der Waals surface area contributed by atoms with Crippen molar-refractivity contribution in [2.24, 2.45) is 5.73 Å². The summed E-state index contributed by atoms with van der Waals surface area (Å²) >= 11 is 1.54. The zero-order chi connectivity index (χ0) is 16.2. The Balaban J connectivity index is 1.88. The molecule has 23 heavy (non-hydrogen) atoms. The van der Waals surface area contributed by atoms with Gasteiger partial charge in [0.15, 0.2) is 5.13 Å². The molecule has 116 valence electrons. The van der Waals surface area contributed by atoms with Gasteiger partial charge >= 0.3 is 0 Å². The maximum absolute atomic E-state index is 6.02.